The van der Waals surface area contributed by atoms with Crippen molar-refractivity contribution >= 4 is 17.9 Å². The number of likely N-dealkylation sites (tertiary alicyclic amines) is 1. The van der Waals surface area contributed by atoms with Gasteiger partial charge < -0.3 is 4.74 Å². The normalized spacial score (nSPS) is 15.8. The summed E-state index contributed by atoms with van der Waals surface area (Å²) in [6, 6.07) is 39.6. The van der Waals surface area contributed by atoms with Crippen LogP contribution in [0, 0.1) is 0 Å². The second-order valence-electron chi connectivity index (χ2n) is 9.13. The van der Waals surface area contributed by atoms with Crippen LogP contribution in [-0.2, 0) is 19.9 Å². The lowest BCUT2D eigenvalue weighted by Crippen LogP contribution is -2.43. The van der Waals surface area contributed by atoms with Gasteiger partial charge in [-0.1, -0.05) is 121 Å². The van der Waals surface area contributed by atoms with E-state index in [1.807, 2.05) is 84.9 Å². The van der Waals surface area contributed by atoms with Crippen molar-refractivity contribution in [3.8, 4) is 0 Å². The Labute approximate surface area is 217 Å². The molecule has 4 nitrogen and oxygen atoms in total. The van der Waals surface area contributed by atoms with Crippen molar-refractivity contribution in [2.45, 2.75) is 24.5 Å². The molecule has 5 rings (SSSR count). The first kappa shape index (κ1) is 24.4. The lowest BCUT2D eigenvalue weighted by molar-refractivity contribution is -0.142. The molecular formula is C33H29NO3. The Bertz CT molecular complexity index is 1260. The fourth-order valence-electron chi connectivity index (χ4n) is 5.01. The molecule has 1 atom stereocenters. The molecule has 1 unspecified atom stereocenters. The van der Waals surface area contributed by atoms with E-state index >= 15 is 0 Å². The van der Waals surface area contributed by atoms with Gasteiger partial charge in [-0.25, -0.2) is 0 Å². The van der Waals surface area contributed by atoms with Crippen molar-refractivity contribution in [2.75, 3.05) is 6.61 Å². The Balaban J connectivity index is 1.48. The lowest BCUT2D eigenvalue weighted by atomic mass is 9.80. The largest absolute Gasteiger partial charge is 0.359 e. The van der Waals surface area contributed by atoms with Crippen LogP contribution in [-0.4, -0.2) is 29.4 Å². The fourth-order valence-corrected chi connectivity index (χ4v) is 5.01. The summed E-state index contributed by atoms with van der Waals surface area (Å²) in [7, 11) is 0. The molecule has 0 N–H and O–H groups in total. The molecule has 1 aliphatic rings. The number of imide groups is 1. The number of amides is 2. The van der Waals surface area contributed by atoms with Gasteiger partial charge in [0.15, 0.2) is 0 Å². The number of carbonyl (C=O) groups excluding carboxylic acids is 2. The lowest BCUT2D eigenvalue weighted by Gasteiger charge is -2.37. The fraction of sp³-hybridized carbons (Fsp3) is 0.152. The topological polar surface area (TPSA) is 46.6 Å². The van der Waals surface area contributed by atoms with Crippen LogP contribution >= 0.6 is 0 Å². The second kappa shape index (κ2) is 11.2. The molecule has 1 aliphatic heterocycles. The number of carbonyl (C=O) groups is 2. The summed E-state index contributed by atoms with van der Waals surface area (Å²) in [6.07, 6.45) is 4.12. The zero-order valence-corrected chi connectivity index (χ0v) is 20.6. The SMILES string of the molecule is O=C(/C=C/c1ccccc1)N1C(=O)CCC1COC(c1ccccc1)(c1ccccc1)c1ccccc1. The van der Waals surface area contributed by atoms with Crippen LogP contribution in [0.25, 0.3) is 6.08 Å². The first-order valence-corrected chi connectivity index (χ1v) is 12.6. The molecule has 0 saturated carbocycles. The summed E-state index contributed by atoms with van der Waals surface area (Å²) in [5.41, 5.74) is 2.96. The van der Waals surface area contributed by atoms with Crippen molar-refractivity contribution in [2.24, 2.45) is 0 Å². The van der Waals surface area contributed by atoms with E-state index in [0.29, 0.717) is 12.8 Å². The predicted molar refractivity (Wildman–Crippen MR) is 146 cm³/mol. The minimum absolute atomic E-state index is 0.166. The molecule has 4 heteroatoms. The highest BCUT2D eigenvalue weighted by atomic mass is 16.5. The van der Waals surface area contributed by atoms with Gasteiger partial charge in [0, 0.05) is 12.5 Å². The molecule has 0 aliphatic carbocycles. The predicted octanol–water partition coefficient (Wildman–Crippen LogP) is 6.23. The zero-order chi connectivity index (χ0) is 25.5. The zero-order valence-electron chi connectivity index (χ0n) is 20.6. The molecule has 4 aromatic rings. The Morgan fingerprint density at radius 1 is 0.757 bits per heavy atom. The Kier molecular flexibility index (Phi) is 7.38. The van der Waals surface area contributed by atoms with Crippen molar-refractivity contribution in [1.82, 2.24) is 4.90 Å². The Morgan fingerprint density at radius 3 is 1.70 bits per heavy atom. The molecule has 0 aromatic heterocycles. The molecule has 1 heterocycles. The standard InChI is InChI=1S/C33H29NO3/c35-31(23-21-26-13-5-1-6-14-26)34-30(22-24-32(34)36)25-37-33(27-15-7-2-8-16-27,28-17-9-3-10-18-28)29-19-11-4-12-20-29/h1-21,23,30H,22,24-25H2/b23-21+. The number of hydrogen-bond acceptors (Lipinski definition) is 3. The molecule has 0 spiro atoms. The summed E-state index contributed by atoms with van der Waals surface area (Å²) in [5, 5.41) is 0. The van der Waals surface area contributed by atoms with Crippen LogP contribution in [0.4, 0.5) is 0 Å². The molecule has 184 valence electrons. The van der Waals surface area contributed by atoms with Gasteiger partial charge in [-0.15, -0.1) is 0 Å². The number of nitrogens with zero attached hydrogens (tertiary/aromatic N) is 1. The van der Waals surface area contributed by atoms with Gasteiger partial charge in [-0.3, -0.25) is 14.5 Å². The van der Waals surface area contributed by atoms with E-state index in [1.165, 1.54) is 11.0 Å². The van der Waals surface area contributed by atoms with Gasteiger partial charge in [0.25, 0.3) is 5.91 Å². The number of ether oxygens (including phenoxy) is 1. The smallest absolute Gasteiger partial charge is 0.253 e. The van der Waals surface area contributed by atoms with Gasteiger partial charge >= 0.3 is 0 Å². The first-order valence-electron chi connectivity index (χ1n) is 12.6. The Hall–Kier alpha value is -4.28. The third-order valence-corrected chi connectivity index (χ3v) is 6.81. The minimum Gasteiger partial charge on any atom is -0.359 e. The molecule has 0 radical (unpaired) electrons. The average molecular weight is 488 g/mol. The molecule has 2 amide bonds. The average Bonchev–Trinajstić information content (AvgIpc) is 3.34. The highest BCUT2D eigenvalue weighted by Crippen LogP contribution is 2.41. The van der Waals surface area contributed by atoms with E-state index in [1.54, 1.807) is 6.08 Å². The van der Waals surface area contributed by atoms with Crippen LogP contribution < -0.4 is 0 Å². The Morgan fingerprint density at radius 2 is 1.22 bits per heavy atom. The first-order chi connectivity index (χ1) is 18.2. The minimum atomic E-state index is -0.899. The summed E-state index contributed by atoms with van der Waals surface area (Å²) in [6.45, 7) is 0.218. The molecule has 4 aromatic carbocycles. The van der Waals surface area contributed by atoms with Crippen LogP contribution in [0.3, 0.4) is 0 Å². The van der Waals surface area contributed by atoms with E-state index in [2.05, 4.69) is 36.4 Å². The van der Waals surface area contributed by atoms with E-state index in [0.717, 1.165) is 22.3 Å². The van der Waals surface area contributed by atoms with Gasteiger partial charge in [-0.05, 0) is 34.8 Å². The van der Waals surface area contributed by atoms with E-state index in [4.69, 9.17) is 4.74 Å². The van der Waals surface area contributed by atoms with Crippen molar-refractivity contribution < 1.29 is 14.3 Å². The third-order valence-electron chi connectivity index (χ3n) is 6.81. The maximum absolute atomic E-state index is 13.1. The third kappa shape index (κ3) is 5.16. The van der Waals surface area contributed by atoms with Crippen molar-refractivity contribution in [3.05, 3.63) is 150 Å². The van der Waals surface area contributed by atoms with Crippen LogP contribution in [0.15, 0.2) is 127 Å². The second-order valence-corrected chi connectivity index (χ2v) is 9.13. The van der Waals surface area contributed by atoms with E-state index < -0.39 is 5.60 Å². The van der Waals surface area contributed by atoms with E-state index in [-0.39, 0.29) is 24.5 Å². The quantitative estimate of drug-likeness (QED) is 0.219. The molecular weight excluding hydrogens is 458 g/mol. The van der Waals surface area contributed by atoms with Crippen molar-refractivity contribution in [1.29, 1.82) is 0 Å². The highest BCUT2D eigenvalue weighted by molar-refractivity contribution is 6.04. The molecule has 37 heavy (non-hydrogen) atoms. The van der Waals surface area contributed by atoms with Gasteiger partial charge in [-0.2, -0.15) is 0 Å². The summed E-state index contributed by atoms with van der Waals surface area (Å²) >= 11 is 0. The summed E-state index contributed by atoms with van der Waals surface area (Å²) < 4.78 is 6.89. The highest BCUT2D eigenvalue weighted by Gasteiger charge is 2.41. The summed E-state index contributed by atoms with van der Waals surface area (Å²) in [4.78, 5) is 27.3. The van der Waals surface area contributed by atoms with Crippen molar-refractivity contribution in [3.63, 3.8) is 0 Å². The van der Waals surface area contributed by atoms with Crippen LogP contribution in [0.2, 0.25) is 0 Å². The van der Waals surface area contributed by atoms with Crippen LogP contribution in [0.5, 0.6) is 0 Å². The number of rotatable bonds is 8. The molecule has 1 fully saturated rings. The summed E-state index contributed by atoms with van der Waals surface area (Å²) in [5.74, 6) is -0.481. The molecule has 0 bridgehead atoms. The van der Waals surface area contributed by atoms with E-state index in [9.17, 15) is 9.59 Å². The van der Waals surface area contributed by atoms with Gasteiger partial charge in [0.05, 0.1) is 12.6 Å². The maximum Gasteiger partial charge on any atom is 0.253 e. The van der Waals surface area contributed by atoms with Crippen LogP contribution in [0.1, 0.15) is 35.1 Å². The molecule has 1 saturated heterocycles. The van der Waals surface area contributed by atoms with Gasteiger partial charge in [0.1, 0.15) is 5.60 Å². The monoisotopic (exact) mass is 487 g/mol. The number of hydrogen-bond donors (Lipinski definition) is 0. The number of benzene rings is 4. The maximum atomic E-state index is 13.1. The van der Waals surface area contributed by atoms with Gasteiger partial charge in [0.2, 0.25) is 5.91 Å².